The number of rotatable bonds is 3. The topological polar surface area (TPSA) is 41.3 Å². The van der Waals surface area contributed by atoms with Crippen molar-refractivity contribution in [1.29, 1.82) is 0 Å². The van der Waals surface area contributed by atoms with E-state index in [0.717, 1.165) is 13.1 Å². The van der Waals surface area contributed by atoms with Crippen LogP contribution in [0.1, 0.15) is 18.5 Å². The van der Waals surface area contributed by atoms with E-state index in [0.29, 0.717) is 6.04 Å². The van der Waals surface area contributed by atoms with Crippen molar-refractivity contribution in [1.82, 2.24) is 9.62 Å². The molecule has 2 rings (SSSR count). The number of nitrogens with zero attached hydrogens (tertiary/aromatic N) is 1. The maximum absolute atomic E-state index is 5.60. The number of thiophene rings is 1. The molecule has 0 spiro atoms. The molecule has 0 bridgehead atoms. The Kier molecular flexibility index (Phi) is 3.98. The molecule has 0 aromatic carbocycles. The molecule has 0 amide bonds. The van der Waals surface area contributed by atoms with Gasteiger partial charge in [-0.3, -0.25) is 5.14 Å². The fourth-order valence-electron chi connectivity index (χ4n) is 1.69. The van der Waals surface area contributed by atoms with E-state index in [-0.39, 0.29) is 0 Å². The Morgan fingerprint density at radius 2 is 2.53 bits per heavy atom. The van der Waals surface area contributed by atoms with Crippen LogP contribution in [0.3, 0.4) is 0 Å². The Morgan fingerprint density at radius 1 is 1.73 bits per heavy atom. The number of hydrogen-bond acceptors (Lipinski definition) is 6. The van der Waals surface area contributed by atoms with Crippen molar-refractivity contribution in [3.8, 4) is 0 Å². The quantitative estimate of drug-likeness (QED) is 0.817. The van der Waals surface area contributed by atoms with Gasteiger partial charge in [-0.25, -0.2) is 4.31 Å². The van der Waals surface area contributed by atoms with Gasteiger partial charge < -0.3 is 5.32 Å². The minimum atomic E-state index is 0.452. The van der Waals surface area contributed by atoms with Gasteiger partial charge >= 0.3 is 0 Å². The average Bonchev–Trinajstić information content (AvgIpc) is 2.61. The first kappa shape index (κ1) is 11.8. The van der Waals surface area contributed by atoms with Gasteiger partial charge in [0.25, 0.3) is 0 Å². The Labute approximate surface area is 103 Å². The van der Waals surface area contributed by atoms with Gasteiger partial charge in [0.2, 0.25) is 0 Å². The lowest BCUT2D eigenvalue weighted by Crippen LogP contribution is -2.32. The smallest absolute Gasteiger partial charge is 0.0814 e. The fraction of sp³-hybridized carbons (Fsp3) is 0.556. The first-order valence-corrected chi connectivity index (χ1v) is 7.34. The van der Waals surface area contributed by atoms with Crippen molar-refractivity contribution in [2.45, 2.75) is 21.4 Å². The molecule has 84 valence electrons. The Hall–Kier alpha value is 0.280. The molecule has 1 aromatic heterocycles. The molecule has 0 fully saturated rings. The van der Waals surface area contributed by atoms with Crippen LogP contribution >= 0.6 is 35.2 Å². The lowest BCUT2D eigenvalue weighted by molar-refractivity contribution is 0.425. The van der Waals surface area contributed by atoms with Crippen molar-refractivity contribution >= 4 is 35.2 Å². The summed E-state index contributed by atoms with van der Waals surface area (Å²) in [4.78, 5) is 0. The molecule has 0 radical (unpaired) electrons. The van der Waals surface area contributed by atoms with E-state index in [9.17, 15) is 0 Å². The van der Waals surface area contributed by atoms with Crippen molar-refractivity contribution < 1.29 is 0 Å². The summed E-state index contributed by atoms with van der Waals surface area (Å²) < 4.78 is 4.85. The normalized spacial score (nSPS) is 21.7. The molecule has 0 aliphatic carbocycles. The van der Waals surface area contributed by atoms with Crippen molar-refractivity contribution in [3.05, 3.63) is 11.6 Å². The third kappa shape index (κ3) is 2.51. The SMILES string of the molecule is CCNC1CN(C)Sc2sc(SN)cc21. The predicted molar refractivity (Wildman–Crippen MR) is 69.3 cm³/mol. The fourth-order valence-corrected chi connectivity index (χ4v) is 4.79. The van der Waals surface area contributed by atoms with Crippen molar-refractivity contribution in [3.63, 3.8) is 0 Å². The molecule has 3 N–H and O–H groups in total. The number of likely N-dealkylation sites (N-methyl/N-ethyl adjacent to an activating group) is 2. The van der Waals surface area contributed by atoms with E-state index in [4.69, 9.17) is 5.14 Å². The summed E-state index contributed by atoms with van der Waals surface area (Å²) >= 11 is 4.95. The number of fused-ring (bicyclic) bond motifs is 1. The number of hydrogen-bond donors (Lipinski definition) is 2. The minimum absolute atomic E-state index is 0.452. The second-order valence-corrected chi connectivity index (χ2v) is 6.90. The molecule has 1 aromatic rings. The van der Waals surface area contributed by atoms with Gasteiger partial charge in [-0.15, -0.1) is 11.3 Å². The van der Waals surface area contributed by atoms with Crippen LogP contribution in [-0.2, 0) is 0 Å². The van der Waals surface area contributed by atoms with Gasteiger partial charge in [0.15, 0.2) is 0 Å². The largest absolute Gasteiger partial charge is 0.309 e. The van der Waals surface area contributed by atoms with Crippen molar-refractivity contribution in [2.24, 2.45) is 5.14 Å². The number of nitrogens with two attached hydrogens (primary N) is 1. The molecule has 3 nitrogen and oxygen atoms in total. The average molecular weight is 261 g/mol. The molecule has 6 heteroatoms. The summed E-state index contributed by atoms with van der Waals surface area (Å²) in [5.74, 6) is 0. The molecule has 1 unspecified atom stereocenters. The Morgan fingerprint density at radius 3 is 3.20 bits per heavy atom. The predicted octanol–water partition coefficient (Wildman–Crippen LogP) is 2.32. The van der Waals surface area contributed by atoms with Crippen LogP contribution in [-0.4, -0.2) is 24.4 Å². The highest BCUT2D eigenvalue weighted by molar-refractivity contribution is 8.01. The second-order valence-electron chi connectivity index (χ2n) is 3.44. The molecule has 0 saturated heterocycles. The standard InChI is InChI=1S/C9H15N3S3/c1-3-11-7-5-12(2)15-9-6(7)4-8(13-9)14-10/h4,7,11H,3,5,10H2,1-2H3. The zero-order chi connectivity index (χ0) is 10.8. The third-order valence-corrected chi connectivity index (χ3v) is 5.29. The summed E-state index contributed by atoms with van der Waals surface area (Å²) in [5.41, 5.74) is 1.41. The van der Waals surface area contributed by atoms with E-state index in [2.05, 4.69) is 29.7 Å². The lowest BCUT2D eigenvalue weighted by Gasteiger charge is -2.29. The van der Waals surface area contributed by atoms with Crippen LogP contribution in [0.4, 0.5) is 0 Å². The summed E-state index contributed by atoms with van der Waals surface area (Å²) in [6.07, 6.45) is 0. The summed E-state index contributed by atoms with van der Waals surface area (Å²) in [6, 6.07) is 2.67. The zero-order valence-corrected chi connectivity index (χ0v) is 11.3. The van der Waals surface area contributed by atoms with Crippen molar-refractivity contribution in [2.75, 3.05) is 20.1 Å². The monoisotopic (exact) mass is 261 g/mol. The van der Waals surface area contributed by atoms with Gasteiger partial charge in [0, 0.05) is 12.6 Å². The molecule has 0 saturated carbocycles. The molecule has 1 aliphatic heterocycles. The van der Waals surface area contributed by atoms with Gasteiger partial charge in [0.1, 0.15) is 0 Å². The maximum atomic E-state index is 5.60. The highest BCUT2D eigenvalue weighted by Crippen LogP contribution is 2.43. The minimum Gasteiger partial charge on any atom is -0.309 e. The van der Waals surface area contributed by atoms with Gasteiger partial charge in [-0.2, -0.15) is 0 Å². The molecule has 1 aliphatic rings. The van der Waals surface area contributed by atoms with Gasteiger partial charge in [0.05, 0.1) is 8.42 Å². The zero-order valence-electron chi connectivity index (χ0n) is 8.82. The van der Waals surface area contributed by atoms with Crippen LogP contribution in [0.25, 0.3) is 0 Å². The molecule has 2 heterocycles. The van der Waals surface area contributed by atoms with Crippen LogP contribution in [0, 0.1) is 0 Å². The highest BCUT2D eigenvalue weighted by Gasteiger charge is 2.25. The number of nitrogens with one attached hydrogen (secondary N) is 1. The Balaban J connectivity index is 2.27. The van der Waals surface area contributed by atoms with Crippen LogP contribution in [0.5, 0.6) is 0 Å². The molecular weight excluding hydrogens is 246 g/mol. The second kappa shape index (κ2) is 5.07. The summed E-state index contributed by atoms with van der Waals surface area (Å²) in [5, 5.41) is 9.11. The van der Waals surface area contributed by atoms with E-state index >= 15 is 0 Å². The maximum Gasteiger partial charge on any atom is 0.0814 e. The first-order chi connectivity index (χ1) is 7.24. The van der Waals surface area contributed by atoms with Gasteiger partial charge in [-0.1, -0.05) is 6.92 Å². The lowest BCUT2D eigenvalue weighted by atomic mass is 10.1. The van der Waals surface area contributed by atoms with E-state index in [1.54, 1.807) is 11.3 Å². The molecule has 15 heavy (non-hydrogen) atoms. The molecular formula is C9H15N3S3. The van der Waals surface area contributed by atoms with Crippen LogP contribution in [0.2, 0.25) is 0 Å². The summed E-state index contributed by atoms with van der Waals surface area (Å²) in [6.45, 7) is 4.20. The van der Waals surface area contributed by atoms with E-state index in [1.165, 1.54) is 25.9 Å². The summed E-state index contributed by atoms with van der Waals surface area (Å²) in [7, 11) is 2.13. The van der Waals surface area contributed by atoms with Gasteiger partial charge in [-0.05, 0) is 49.1 Å². The van der Waals surface area contributed by atoms with Crippen LogP contribution < -0.4 is 10.5 Å². The first-order valence-electron chi connectivity index (χ1n) is 4.87. The van der Waals surface area contributed by atoms with E-state index < -0.39 is 0 Å². The Bertz CT molecular complexity index is 339. The van der Waals surface area contributed by atoms with E-state index in [1.807, 2.05) is 11.9 Å². The highest BCUT2D eigenvalue weighted by atomic mass is 32.2. The third-order valence-electron chi connectivity index (χ3n) is 2.32. The van der Waals surface area contributed by atoms with Crippen LogP contribution in [0.15, 0.2) is 14.5 Å². The molecule has 1 atom stereocenters.